The standard InChI is InChI=1S/C20H18N6O/c1-2-12-7-3-4-8-14(12)24-16-13(18(21)27)11-23-20-17(16)25-19(26-20)15-9-5-6-10-22-15/h3-11H,2H2,1H3,(H2,21,27)(H2,23,24,25,26). The quantitative estimate of drug-likeness (QED) is 0.506. The van der Waals surface area contributed by atoms with E-state index in [2.05, 4.69) is 32.2 Å². The minimum Gasteiger partial charge on any atom is -0.365 e. The monoisotopic (exact) mass is 358 g/mol. The first-order chi connectivity index (χ1) is 13.2. The summed E-state index contributed by atoms with van der Waals surface area (Å²) in [5.74, 6) is 0.0152. The Morgan fingerprint density at radius 3 is 2.70 bits per heavy atom. The van der Waals surface area contributed by atoms with Crippen LogP contribution in [-0.2, 0) is 6.42 Å². The van der Waals surface area contributed by atoms with E-state index >= 15 is 0 Å². The summed E-state index contributed by atoms with van der Waals surface area (Å²) in [5, 5.41) is 3.35. The Morgan fingerprint density at radius 1 is 1.15 bits per heavy atom. The first kappa shape index (κ1) is 16.7. The number of para-hydroxylation sites is 1. The number of aromatic amines is 1. The number of pyridine rings is 2. The highest BCUT2D eigenvalue weighted by Crippen LogP contribution is 2.30. The molecule has 1 aromatic carbocycles. The molecule has 3 aromatic heterocycles. The van der Waals surface area contributed by atoms with E-state index in [-0.39, 0.29) is 0 Å². The molecule has 134 valence electrons. The minimum atomic E-state index is -0.560. The van der Waals surface area contributed by atoms with Crippen molar-refractivity contribution in [2.45, 2.75) is 13.3 Å². The second kappa shape index (κ2) is 6.87. The number of fused-ring (bicyclic) bond motifs is 1. The number of anilines is 2. The van der Waals surface area contributed by atoms with Gasteiger partial charge in [-0.25, -0.2) is 9.97 Å². The van der Waals surface area contributed by atoms with Gasteiger partial charge in [-0.1, -0.05) is 31.2 Å². The molecule has 0 atom stereocenters. The van der Waals surface area contributed by atoms with Crippen LogP contribution < -0.4 is 11.1 Å². The van der Waals surface area contributed by atoms with Gasteiger partial charge in [0.2, 0.25) is 0 Å². The maximum atomic E-state index is 12.0. The smallest absolute Gasteiger partial charge is 0.252 e. The van der Waals surface area contributed by atoms with E-state index in [9.17, 15) is 4.79 Å². The number of nitrogens with one attached hydrogen (secondary N) is 2. The summed E-state index contributed by atoms with van der Waals surface area (Å²) in [6.45, 7) is 2.08. The summed E-state index contributed by atoms with van der Waals surface area (Å²) in [6.07, 6.45) is 4.00. The van der Waals surface area contributed by atoms with Gasteiger partial charge in [-0.15, -0.1) is 0 Å². The fraction of sp³-hybridized carbons (Fsp3) is 0.100. The second-order valence-electron chi connectivity index (χ2n) is 6.05. The number of aromatic nitrogens is 4. The van der Waals surface area contributed by atoms with E-state index < -0.39 is 5.91 Å². The molecule has 3 heterocycles. The van der Waals surface area contributed by atoms with Crippen molar-refractivity contribution in [3.63, 3.8) is 0 Å². The van der Waals surface area contributed by atoms with Gasteiger partial charge < -0.3 is 16.0 Å². The van der Waals surface area contributed by atoms with Gasteiger partial charge in [0.1, 0.15) is 11.2 Å². The zero-order chi connectivity index (χ0) is 18.8. The predicted molar refractivity (Wildman–Crippen MR) is 105 cm³/mol. The van der Waals surface area contributed by atoms with Gasteiger partial charge in [0.05, 0.1) is 11.3 Å². The molecule has 0 radical (unpaired) electrons. The number of rotatable bonds is 5. The predicted octanol–water partition coefficient (Wildman–Crippen LogP) is 3.42. The highest BCUT2D eigenvalue weighted by atomic mass is 16.1. The SMILES string of the molecule is CCc1ccccc1Nc1c(C(N)=O)cnc2nc(-c3ccccn3)[nH]c12. The maximum absolute atomic E-state index is 12.0. The van der Waals surface area contributed by atoms with Gasteiger partial charge in [0, 0.05) is 18.1 Å². The van der Waals surface area contributed by atoms with Crippen LogP contribution in [0.4, 0.5) is 11.4 Å². The summed E-state index contributed by atoms with van der Waals surface area (Å²) in [7, 11) is 0. The van der Waals surface area contributed by atoms with Gasteiger partial charge in [0.25, 0.3) is 5.91 Å². The summed E-state index contributed by atoms with van der Waals surface area (Å²) in [5.41, 5.74) is 10.3. The van der Waals surface area contributed by atoms with Crippen molar-refractivity contribution in [2.75, 3.05) is 5.32 Å². The number of imidazole rings is 1. The summed E-state index contributed by atoms with van der Waals surface area (Å²) >= 11 is 0. The van der Waals surface area contributed by atoms with Crippen molar-refractivity contribution < 1.29 is 4.79 Å². The van der Waals surface area contributed by atoms with Gasteiger partial charge in [-0.3, -0.25) is 9.78 Å². The Labute approximate surface area is 155 Å². The lowest BCUT2D eigenvalue weighted by molar-refractivity contribution is 0.100. The Hall–Kier alpha value is -3.74. The number of aryl methyl sites for hydroxylation is 1. The average Bonchev–Trinajstić information content (AvgIpc) is 3.14. The molecular formula is C20H18N6O. The summed E-state index contributed by atoms with van der Waals surface area (Å²) in [4.78, 5) is 28.3. The Morgan fingerprint density at radius 2 is 1.96 bits per heavy atom. The number of carbonyl (C=O) groups excluding carboxylic acids is 1. The number of primary amides is 1. The fourth-order valence-corrected chi connectivity index (χ4v) is 2.98. The molecule has 4 N–H and O–H groups in total. The second-order valence-corrected chi connectivity index (χ2v) is 6.05. The molecular weight excluding hydrogens is 340 g/mol. The van der Waals surface area contributed by atoms with Crippen molar-refractivity contribution in [1.82, 2.24) is 19.9 Å². The third-order valence-electron chi connectivity index (χ3n) is 4.35. The number of carbonyl (C=O) groups is 1. The van der Waals surface area contributed by atoms with E-state index in [1.165, 1.54) is 6.20 Å². The Kier molecular flexibility index (Phi) is 4.25. The van der Waals surface area contributed by atoms with Crippen LogP contribution in [0.2, 0.25) is 0 Å². The number of nitrogens with zero attached hydrogens (tertiary/aromatic N) is 3. The molecule has 0 saturated carbocycles. The molecule has 0 aliphatic carbocycles. The van der Waals surface area contributed by atoms with Gasteiger partial charge in [0.15, 0.2) is 11.5 Å². The van der Waals surface area contributed by atoms with E-state index in [4.69, 9.17) is 5.73 Å². The fourth-order valence-electron chi connectivity index (χ4n) is 2.98. The minimum absolute atomic E-state index is 0.296. The lowest BCUT2D eigenvalue weighted by Gasteiger charge is -2.13. The van der Waals surface area contributed by atoms with Crippen LogP contribution >= 0.6 is 0 Å². The van der Waals surface area contributed by atoms with Crippen LogP contribution in [-0.4, -0.2) is 25.8 Å². The lowest BCUT2D eigenvalue weighted by Crippen LogP contribution is -2.14. The molecule has 0 aliphatic rings. The Balaban J connectivity index is 1.89. The molecule has 0 unspecified atom stereocenters. The molecule has 1 amide bonds. The first-order valence-corrected chi connectivity index (χ1v) is 8.62. The Bertz CT molecular complexity index is 1120. The molecule has 4 rings (SSSR count). The lowest BCUT2D eigenvalue weighted by atomic mass is 10.1. The first-order valence-electron chi connectivity index (χ1n) is 8.62. The van der Waals surface area contributed by atoms with E-state index in [0.29, 0.717) is 33.9 Å². The zero-order valence-electron chi connectivity index (χ0n) is 14.7. The number of nitrogens with two attached hydrogens (primary N) is 1. The van der Waals surface area contributed by atoms with Crippen LogP contribution in [0.5, 0.6) is 0 Å². The van der Waals surface area contributed by atoms with E-state index in [1.54, 1.807) is 6.20 Å². The highest BCUT2D eigenvalue weighted by molar-refractivity contribution is 6.06. The van der Waals surface area contributed by atoms with Crippen LogP contribution in [0, 0.1) is 0 Å². The molecule has 4 aromatic rings. The van der Waals surface area contributed by atoms with Gasteiger partial charge >= 0.3 is 0 Å². The largest absolute Gasteiger partial charge is 0.365 e. The van der Waals surface area contributed by atoms with Crippen LogP contribution in [0.25, 0.3) is 22.7 Å². The molecule has 0 saturated heterocycles. The molecule has 0 fully saturated rings. The van der Waals surface area contributed by atoms with Crippen molar-refractivity contribution in [3.8, 4) is 11.5 Å². The van der Waals surface area contributed by atoms with Crippen molar-refractivity contribution in [3.05, 3.63) is 66.0 Å². The van der Waals surface area contributed by atoms with Gasteiger partial charge in [-0.05, 0) is 30.2 Å². The number of amides is 1. The van der Waals surface area contributed by atoms with E-state index in [0.717, 1.165) is 17.7 Å². The van der Waals surface area contributed by atoms with Crippen molar-refractivity contribution in [2.24, 2.45) is 5.73 Å². The number of hydrogen-bond donors (Lipinski definition) is 3. The van der Waals surface area contributed by atoms with E-state index in [1.807, 2.05) is 42.5 Å². The molecule has 27 heavy (non-hydrogen) atoms. The van der Waals surface area contributed by atoms with Crippen molar-refractivity contribution in [1.29, 1.82) is 0 Å². The molecule has 0 spiro atoms. The van der Waals surface area contributed by atoms with Crippen LogP contribution in [0.15, 0.2) is 54.9 Å². The third-order valence-corrected chi connectivity index (χ3v) is 4.35. The van der Waals surface area contributed by atoms with Gasteiger partial charge in [-0.2, -0.15) is 0 Å². The zero-order valence-corrected chi connectivity index (χ0v) is 14.7. The summed E-state index contributed by atoms with van der Waals surface area (Å²) < 4.78 is 0. The maximum Gasteiger partial charge on any atom is 0.252 e. The average molecular weight is 358 g/mol. The third kappa shape index (κ3) is 3.10. The van der Waals surface area contributed by atoms with Crippen LogP contribution in [0.1, 0.15) is 22.8 Å². The molecule has 0 aliphatic heterocycles. The topological polar surface area (TPSA) is 110 Å². The normalized spacial score (nSPS) is 10.9. The molecule has 7 nitrogen and oxygen atoms in total. The summed E-state index contributed by atoms with van der Waals surface area (Å²) in [6, 6.07) is 13.5. The highest BCUT2D eigenvalue weighted by Gasteiger charge is 2.18. The van der Waals surface area contributed by atoms with Crippen molar-refractivity contribution >= 4 is 28.4 Å². The molecule has 0 bridgehead atoms. The number of benzene rings is 1. The number of hydrogen-bond acceptors (Lipinski definition) is 5. The number of H-pyrrole nitrogens is 1. The van der Waals surface area contributed by atoms with Crippen LogP contribution in [0.3, 0.4) is 0 Å². The molecule has 7 heteroatoms.